The maximum Gasteiger partial charge on any atom is 0.163 e. The third kappa shape index (κ3) is 8.12. The number of hydrogen-bond donors (Lipinski definition) is 1. The van der Waals surface area contributed by atoms with Crippen LogP contribution in [0.2, 0.25) is 0 Å². The van der Waals surface area contributed by atoms with E-state index in [2.05, 4.69) is 33.8 Å². The Morgan fingerprint density at radius 1 is 1.05 bits per heavy atom. The summed E-state index contributed by atoms with van der Waals surface area (Å²) in [5.41, 5.74) is 0.807. The van der Waals surface area contributed by atoms with Crippen molar-refractivity contribution in [1.82, 2.24) is 0 Å². The molecule has 22 heavy (non-hydrogen) atoms. The zero-order valence-corrected chi connectivity index (χ0v) is 15.9. The standard InChI is InChI=1S/C20H38O2/c1-8-10-14(3)11-15(4)12-16(5)13-17(6)20(22)18(7)19(21)9-2/h13-16,18-19,21H,8-12H2,1-7H3/b17-13+/t14-,15-,16-,18+,19-/m0/s1. The number of ketones is 1. The first-order chi connectivity index (χ1) is 10.2. The lowest BCUT2D eigenvalue weighted by Gasteiger charge is -2.20. The van der Waals surface area contributed by atoms with Gasteiger partial charge in [0.15, 0.2) is 5.78 Å². The van der Waals surface area contributed by atoms with Gasteiger partial charge >= 0.3 is 0 Å². The molecule has 0 heterocycles. The zero-order valence-electron chi connectivity index (χ0n) is 15.9. The minimum Gasteiger partial charge on any atom is -0.392 e. The molecule has 0 aliphatic heterocycles. The highest BCUT2D eigenvalue weighted by Crippen LogP contribution is 2.24. The van der Waals surface area contributed by atoms with Gasteiger partial charge in [0.05, 0.1) is 6.10 Å². The highest BCUT2D eigenvalue weighted by molar-refractivity contribution is 5.96. The van der Waals surface area contributed by atoms with Gasteiger partial charge in [-0.05, 0) is 49.5 Å². The number of Topliss-reactive ketones (excluding diaryl/α,β-unsaturated/α-hetero) is 1. The van der Waals surface area contributed by atoms with Crippen LogP contribution in [0, 0.1) is 23.7 Å². The van der Waals surface area contributed by atoms with E-state index < -0.39 is 6.10 Å². The molecule has 0 aromatic heterocycles. The molecule has 0 saturated carbocycles. The van der Waals surface area contributed by atoms with Gasteiger partial charge in [0.25, 0.3) is 0 Å². The van der Waals surface area contributed by atoms with Crippen molar-refractivity contribution in [1.29, 1.82) is 0 Å². The van der Waals surface area contributed by atoms with E-state index >= 15 is 0 Å². The summed E-state index contributed by atoms with van der Waals surface area (Å²) in [7, 11) is 0. The SMILES string of the molecule is CCC[C@H](C)C[C@H](C)C[C@H](C)/C=C(\C)C(=O)[C@H](C)[C@@H](O)CC. The second-order valence-electron chi connectivity index (χ2n) is 7.43. The maximum absolute atomic E-state index is 12.3. The second kappa shape index (κ2) is 11.0. The van der Waals surface area contributed by atoms with Gasteiger partial charge in [-0.2, -0.15) is 0 Å². The van der Waals surface area contributed by atoms with Crippen LogP contribution in [0.5, 0.6) is 0 Å². The monoisotopic (exact) mass is 310 g/mol. The lowest BCUT2D eigenvalue weighted by molar-refractivity contribution is -0.121. The van der Waals surface area contributed by atoms with E-state index in [-0.39, 0.29) is 11.7 Å². The highest BCUT2D eigenvalue weighted by Gasteiger charge is 2.22. The van der Waals surface area contributed by atoms with Gasteiger partial charge in [0.2, 0.25) is 0 Å². The summed E-state index contributed by atoms with van der Waals surface area (Å²) < 4.78 is 0. The van der Waals surface area contributed by atoms with Crippen molar-refractivity contribution in [2.24, 2.45) is 23.7 Å². The molecule has 0 amide bonds. The number of allylic oxidation sites excluding steroid dienone is 2. The van der Waals surface area contributed by atoms with Gasteiger partial charge in [0.1, 0.15) is 0 Å². The molecule has 0 aromatic carbocycles. The molecule has 0 saturated heterocycles. The third-order valence-electron chi connectivity index (χ3n) is 4.69. The summed E-state index contributed by atoms with van der Waals surface area (Å²) in [5, 5.41) is 9.83. The molecule has 2 nitrogen and oxygen atoms in total. The van der Waals surface area contributed by atoms with E-state index in [1.54, 1.807) is 0 Å². The van der Waals surface area contributed by atoms with Crippen LogP contribution in [0.4, 0.5) is 0 Å². The molecule has 0 aromatic rings. The first-order valence-corrected chi connectivity index (χ1v) is 9.13. The fourth-order valence-electron chi connectivity index (χ4n) is 3.49. The Bertz CT molecular complexity index is 346. The quantitative estimate of drug-likeness (QED) is 0.519. The van der Waals surface area contributed by atoms with E-state index in [1.807, 2.05) is 20.8 Å². The fourth-order valence-corrected chi connectivity index (χ4v) is 3.49. The average molecular weight is 311 g/mol. The van der Waals surface area contributed by atoms with Crippen molar-refractivity contribution in [2.45, 2.75) is 86.7 Å². The van der Waals surface area contributed by atoms with Crippen molar-refractivity contribution in [3.05, 3.63) is 11.6 Å². The Morgan fingerprint density at radius 2 is 1.64 bits per heavy atom. The Kier molecular flexibility index (Phi) is 10.7. The lowest BCUT2D eigenvalue weighted by atomic mass is 9.86. The van der Waals surface area contributed by atoms with Crippen LogP contribution in [-0.2, 0) is 4.79 Å². The number of carbonyl (C=O) groups excluding carboxylic acids is 1. The predicted octanol–water partition coefficient (Wildman–Crippen LogP) is 5.40. The summed E-state index contributed by atoms with van der Waals surface area (Å²) in [5.74, 6) is 1.69. The molecule has 0 radical (unpaired) electrons. The second-order valence-corrected chi connectivity index (χ2v) is 7.43. The van der Waals surface area contributed by atoms with Gasteiger partial charge in [-0.3, -0.25) is 4.79 Å². The first-order valence-electron chi connectivity index (χ1n) is 9.13. The van der Waals surface area contributed by atoms with Crippen LogP contribution in [0.3, 0.4) is 0 Å². The van der Waals surface area contributed by atoms with Gasteiger partial charge in [-0.25, -0.2) is 0 Å². The molecule has 0 rings (SSSR count). The number of hydrogen-bond acceptors (Lipinski definition) is 2. The van der Waals surface area contributed by atoms with Gasteiger partial charge in [-0.1, -0.05) is 60.5 Å². The van der Waals surface area contributed by atoms with Crippen molar-refractivity contribution in [3.8, 4) is 0 Å². The molecular formula is C20H38O2. The summed E-state index contributed by atoms with van der Waals surface area (Å²) in [4.78, 5) is 12.3. The Morgan fingerprint density at radius 3 is 2.14 bits per heavy atom. The number of aliphatic hydroxyl groups excluding tert-OH is 1. The van der Waals surface area contributed by atoms with E-state index in [0.717, 1.165) is 17.9 Å². The molecule has 0 aliphatic rings. The molecule has 0 unspecified atom stereocenters. The van der Waals surface area contributed by atoms with Crippen LogP contribution in [0.1, 0.15) is 80.6 Å². The van der Waals surface area contributed by atoms with Gasteiger partial charge in [-0.15, -0.1) is 0 Å². The zero-order chi connectivity index (χ0) is 17.3. The Balaban J connectivity index is 4.48. The van der Waals surface area contributed by atoms with Crippen LogP contribution in [-0.4, -0.2) is 17.0 Å². The summed E-state index contributed by atoms with van der Waals surface area (Å²) in [6, 6.07) is 0. The fraction of sp³-hybridized carbons (Fsp3) is 0.850. The molecular weight excluding hydrogens is 272 g/mol. The summed E-state index contributed by atoms with van der Waals surface area (Å²) in [6.45, 7) is 14.7. The number of aliphatic hydroxyl groups is 1. The lowest BCUT2D eigenvalue weighted by Crippen LogP contribution is -2.25. The molecule has 0 aliphatic carbocycles. The first kappa shape index (κ1) is 21.4. The van der Waals surface area contributed by atoms with Crippen molar-refractivity contribution >= 4 is 5.78 Å². The molecule has 0 bridgehead atoms. The maximum atomic E-state index is 12.3. The van der Waals surface area contributed by atoms with Gasteiger partial charge < -0.3 is 5.11 Å². The molecule has 5 atom stereocenters. The normalized spacial score (nSPS) is 19.4. The third-order valence-corrected chi connectivity index (χ3v) is 4.69. The van der Waals surface area contributed by atoms with E-state index in [4.69, 9.17) is 0 Å². The summed E-state index contributed by atoms with van der Waals surface area (Å²) in [6.07, 6.45) is 7.16. The van der Waals surface area contributed by atoms with E-state index in [0.29, 0.717) is 18.3 Å². The predicted molar refractivity (Wildman–Crippen MR) is 95.9 cm³/mol. The van der Waals surface area contributed by atoms with Crippen molar-refractivity contribution in [3.63, 3.8) is 0 Å². The van der Waals surface area contributed by atoms with Crippen molar-refractivity contribution in [2.75, 3.05) is 0 Å². The van der Waals surface area contributed by atoms with Crippen molar-refractivity contribution < 1.29 is 9.90 Å². The summed E-state index contributed by atoms with van der Waals surface area (Å²) >= 11 is 0. The number of carbonyl (C=O) groups is 1. The smallest absolute Gasteiger partial charge is 0.163 e. The average Bonchev–Trinajstić information content (AvgIpc) is 2.44. The van der Waals surface area contributed by atoms with Crippen LogP contribution in [0.15, 0.2) is 11.6 Å². The minimum absolute atomic E-state index is 0.0909. The Hall–Kier alpha value is -0.630. The Labute approximate surface area is 138 Å². The van der Waals surface area contributed by atoms with E-state index in [1.165, 1.54) is 19.3 Å². The van der Waals surface area contributed by atoms with Crippen LogP contribution >= 0.6 is 0 Å². The van der Waals surface area contributed by atoms with Gasteiger partial charge in [0, 0.05) is 5.92 Å². The van der Waals surface area contributed by atoms with E-state index in [9.17, 15) is 9.90 Å². The highest BCUT2D eigenvalue weighted by atomic mass is 16.3. The minimum atomic E-state index is -0.528. The van der Waals surface area contributed by atoms with Crippen LogP contribution in [0.25, 0.3) is 0 Å². The number of rotatable bonds is 11. The molecule has 2 heteroatoms. The molecule has 130 valence electrons. The molecule has 0 fully saturated rings. The molecule has 1 N–H and O–H groups in total. The largest absolute Gasteiger partial charge is 0.392 e. The van der Waals surface area contributed by atoms with Crippen LogP contribution < -0.4 is 0 Å². The molecule has 0 spiro atoms. The topological polar surface area (TPSA) is 37.3 Å².